The topological polar surface area (TPSA) is 66.5 Å². The number of carbonyl (C=O) groups excluding carboxylic acids is 1. The van der Waals surface area contributed by atoms with Crippen LogP contribution in [0.3, 0.4) is 0 Å². The van der Waals surface area contributed by atoms with Crippen LogP contribution >= 0.6 is 11.6 Å². The van der Waals surface area contributed by atoms with Crippen molar-refractivity contribution >= 4 is 27.5 Å². The number of benzene rings is 3. The molecular formula is C24H25ClN2O3S. The third kappa shape index (κ3) is 6.17. The fourth-order valence-corrected chi connectivity index (χ4v) is 4.29. The minimum Gasteiger partial charge on any atom is -0.344 e. The van der Waals surface area contributed by atoms with Gasteiger partial charge in [0.25, 0.3) is 0 Å². The summed E-state index contributed by atoms with van der Waals surface area (Å²) in [6.45, 7) is 1.70. The van der Waals surface area contributed by atoms with Gasteiger partial charge in [0.1, 0.15) is 0 Å². The van der Waals surface area contributed by atoms with E-state index in [1.54, 1.807) is 24.3 Å². The number of sulfonamides is 1. The minimum atomic E-state index is -3.63. The van der Waals surface area contributed by atoms with E-state index in [0.29, 0.717) is 10.6 Å². The Balaban J connectivity index is 1.85. The van der Waals surface area contributed by atoms with Gasteiger partial charge in [-0.05, 0) is 35.2 Å². The normalized spacial score (nSPS) is 12.5. The molecule has 3 aromatic carbocycles. The van der Waals surface area contributed by atoms with Gasteiger partial charge in [-0.25, -0.2) is 8.42 Å². The van der Waals surface area contributed by atoms with Gasteiger partial charge in [0, 0.05) is 11.6 Å². The lowest BCUT2D eigenvalue weighted by Crippen LogP contribution is -2.41. The van der Waals surface area contributed by atoms with Crippen LogP contribution in [0, 0.1) is 6.92 Å². The fraction of sp³-hybridized carbons (Fsp3) is 0.208. The molecular weight excluding hydrogens is 432 g/mol. The van der Waals surface area contributed by atoms with E-state index in [4.69, 9.17) is 11.6 Å². The highest BCUT2D eigenvalue weighted by Gasteiger charge is 2.24. The van der Waals surface area contributed by atoms with Crippen LogP contribution in [-0.4, -0.2) is 31.4 Å². The minimum absolute atomic E-state index is 0.0201. The van der Waals surface area contributed by atoms with Gasteiger partial charge in [0.15, 0.2) is 0 Å². The average molecular weight is 457 g/mol. The third-order valence-electron chi connectivity index (χ3n) is 5.03. The summed E-state index contributed by atoms with van der Waals surface area (Å²) in [6.07, 6.45) is 1.09. The summed E-state index contributed by atoms with van der Waals surface area (Å²) in [6, 6.07) is 24.0. The number of nitrogens with zero attached hydrogens (tertiary/aromatic N) is 1. The maximum atomic E-state index is 13.0. The van der Waals surface area contributed by atoms with Crippen LogP contribution in [0.4, 0.5) is 0 Å². The molecule has 162 valence electrons. The van der Waals surface area contributed by atoms with E-state index >= 15 is 0 Å². The van der Waals surface area contributed by atoms with Crippen LogP contribution in [0.5, 0.6) is 0 Å². The number of halogens is 1. The zero-order chi connectivity index (χ0) is 22.4. The molecule has 5 nitrogen and oxygen atoms in total. The van der Waals surface area contributed by atoms with Crippen molar-refractivity contribution < 1.29 is 13.2 Å². The lowest BCUT2D eigenvalue weighted by atomic mass is 9.95. The Morgan fingerprint density at radius 2 is 1.58 bits per heavy atom. The second-order valence-corrected chi connectivity index (χ2v) is 9.78. The smallest absolute Gasteiger partial charge is 0.236 e. The quantitative estimate of drug-likeness (QED) is 0.549. The van der Waals surface area contributed by atoms with E-state index < -0.39 is 22.0 Å². The Morgan fingerprint density at radius 1 is 0.968 bits per heavy atom. The van der Waals surface area contributed by atoms with Crippen LogP contribution in [0.2, 0.25) is 5.02 Å². The van der Waals surface area contributed by atoms with Gasteiger partial charge < -0.3 is 5.32 Å². The summed E-state index contributed by atoms with van der Waals surface area (Å²) in [5.74, 6) is -0.394. The summed E-state index contributed by atoms with van der Waals surface area (Å²) in [5, 5.41) is 3.47. The van der Waals surface area contributed by atoms with Crippen LogP contribution < -0.4 is 5.32 Å². The molecule has 0 aromatic heterocycles. The van der Waals surface area contributed by atoms with Gasteiger partial charge in [0.05, 0.1) is 18.8 Å². The molecule has 1 unspecified atom stereocenters. The molecule has 0 aliphatic heterocycles. The summed E-state index contributed by atoms with van der Waals surface area (Å²) in [4.78, 5) is 13.0. The number of aryl methyl sites for hydroxylation is 1. The number of rotatable bonds is 8. The van der Waals surface area contributed by atoms with Crippen molar-refractivity contribution in [2.75, 3.05) is 12.8 Å². The standard InChI is InChI=1S/C24H25ClN2O3S/c1-18-10-6-8-14-21(18)24(19-11-4-3-5-12-19)26-23(28)17-27(31(2,29)30)16-20-13-7-9-15-22(20)25/h3-15,24H,16-17H2,1-2H3,(H,26,28). The average Bonchev–Trinajstić information content (AvgIpc) is 2.73. The van der Waals surface area contributed by atoms with Gasteiger partial charge in [-0.15, -0.1) is 0 Å². The van der Waals surface area contributed by atoms with Crippen LogP contribution in [0.25, 0.3) is 0 Å². The van der Waals surface area contributed by atoms with Crippen LogP contribution in [0.15, 0.2) is 78.9 Å². The van der Waals surface area contributed by atoms with Gasteiger partial charge >= 0.3 is 0 Å². The second kappa shape index (κ2) is 10.1. The predicted molar refractivity (Wildman–Crippen MR) is 124 cm³/mol. The third-order valence-corrected chi connectivity index (χ3v) is 6.60. The van der Waals surface area contributed by atoms with E-state index in [9.17, 15) is 13.2 Å². The molecule has 0 radical (unpaired) electrons. The second-order valence-electron chi connectivity index (χ2n) is 7.39. The van der Waals surface area contributed by atoms with E-state index in [2.05, 4.69) is 5.32 Å². The molecule has 0 heterocycles. The summed E-state index contributed by atoms with van der Waals surface area (Å²) in [5.41, 5.74) is 3.55. The molecule has 1 N–H and O–H groups in total. The van der Waals surface area contributed by atoms with Crippen molar-refractivity contribution in [3.05, 3.63) is 106 Å². The van der Waals surface area contributed by atoms with Gasteiger partial charge in [0.2, 0.25) is 15.9 Å². The highest BCUT2D eigenvalue weighted by atomic mass is 35.5. The van der Waals surface area contributed by atoms with E-state index in [-0.39, 0.29) is 13.1 Å². The molecule has 0 saturated heterocycles. The fourth-order valence-electron chi connectivity index (χ4n) is 3.37. The van der Waals surface area contributed by atoms with Gasteiger partial charge in [-0.2, -0.15) is 4.31 Å². The summed E-state index contributed by atoms with van der Waals surface area (Å²) < 4.78 is 25.9. The van der Waals surface area contributed by atoms with Crippen molar-refractivity contribution in [1.82, 2.24) is 9.62 Å². The van der Waals surface area contributed by atoms with Crippen LogP contribution in [0.1, 0.15) is 28.3 Å². The number of nitrogens with one attached hydrogen (secondary N) is 1. The van der Waals surface area contributed by atoms with Crippen LogP contribution in [-0.2, 0) is 21.4 Å². The summed E-state index contributed by atoms with van der Waals surface area (Å²) in [7, 11) is -3.63. The SMILES string of the molecule is Cc1ccccc1C(NC(=O)CN(Cc1ccccc1Cl)S(C)(=O)=O)c1ccccc1. The zero-order valence-corrected chi connectivity index (χ0v) is 19.0. The Labute approximate surface area is 188 Å². The maximum Gasteiger partial charge on any atom is 0.236 e. The van der Waals surface area contributed by atoms with E-state index in [0.717, 1.165) is 27.3 Å². The lowest BCUT2D eigenvalue weighted by Gasteiger charge is -2.24. The van der Waals surface area contributed by atoms with Crippen molar-refractivity contribution in [3.63, 3.8) is 0 Å². The highest BCUT2D eigenvalue weighted by molar-refractivity contribution is 7.88. The van der Waals surface area contributed by atoms with Gasteiger partial charge in [-0.3, -0.25) is 4.79 Å². The summed E-state index contributed by atoms with van der Waals surface area (Å²) >= 11 is 6.19. The first-order valence-corrected chi connectivity index (χ1v) is 12.1. The molecule has 31 heavy (non-hydrogen) atoms. The molecule has 0 aliphatic carbocycles. The first kappa shape index (κ1) is 23.0. The molecule has 7 heteroatoms. The number of amides is 1. The lowest BCUT2D eigenvalue weighted by molar-refractivity contribution is -0.121. The molecule has 0 spiro atoms. The molecule has 0 bridgehead atoms. The molecule has 1 amide bonds. The van der Waals surface area contributed by atoms with Crippen molar-refractivity contribution in [3.8, 4) is 0 Å². The van der Waals surface area contributed by atoms with Crippen molar-refractivity contribution in [2.45, 2.75) is 19.5 Å². The molecule has 3 aromatic rings. The molecule has 1 atom stereocenters. The number of hydrogen-bond donors (Lipinski definition) is 1. The van der Waals surface area contributed by atoms with Gasteiger partial charge in [-0.1, -0.05) is 84.4 Å². The Morgan fingerprint density at radius 3 is 2.23 bits per heavy atom. The Bertz CT molecular complexity index is 1150. The van der Waals surface area contributed by atoms with E-state index in [1.165, 1.54) is 0 Å². The molecule has 0 saturated carbocycles. The maximum absolute atomic E-state index is 13.0. The number of carbonyl (C=O) groups is 1. The Kier molecular flexibility index (Phi) is 7.49. The highest BCUT2D eigenvalue weighted by Crippen LogP contribution is 2.25. The zero-order valence-electron chi connectivity index (χ0n) is 17.5. The van der Waals surface area contributed by atoms with Crippen molar-refractivity contribution in [1.29, 1.82) is 0 Å². The Hall–Kier alpha value is -2.67. The van der Waals surface area contributed by atoms with Crippen molar-refractivity contribution in [2.24, 2.45) is 0 Å². The molecule has 0 fully saturated rings. The van der Waals surface area contributed by atoms with E-state index in [1.807, 2.05) is 61.5 Å². The monoisotopic (exact) mass is 456 g/mol. The molecule has 0 aliphatic rings. The molecule has 3 rings (SSSR count). The number of hydrogen-bond acceptors (Lipinski definition) is 3. The predicted octanol–water partition coefficient (Wildman–Crippen LogP) is 4.32. The first-order valence-electron chi connectivity index (χ1n) is 9.84. The largest absolute Gasteiger partial charge is 0.344 e. The first-order chi connectivity index (χ1) is 14.8.